The van der Waals surface area contributed by atoms with Crippen LogP contribution in [0.2, 0.25) is 5.02 Å². The van der Waals surface area contributed by atoms with Crippen LogP contribution in [0, 0.1) is 0 Å². The standard InChI is InChI=1S/C15H22ClN3/c16-13-4-6-17-14(10-13)11-18-9-5-15(12-18)19-7-2-1-3-8-19/h4,6,10,15H,1-3,5,7-9,11-12H2. The molecule has 3 rings (SSSR count). The minimum Gasteiger partial charge on any atom is -0.299 e. The molecule has 19 heavy (non-hydrogen) atoms. The zero-order chi connectivity index (χ0) is 13.1. The van der Waals surface area contributed by atoms with E-state index in [4.69, 9.17) is 11.6 Å². The van der Waals surface area contributed by atoms with E-state index in [0.29, 0.717) is 0 Å². The number of nitrogens with zero attached hydrogens (tertiary/aromatic N) is 3. The Bertz CT molecular complexity index is 418. The predicted octanol–water partition coefficient (Wildman–Crippen LogP) is 2.80. The third-order valence-corrected chi connectivity index (χ3v) is 4.55. The Morgan fingerprint density at radius 1 is 1.21 bits per heavy atom. The van der Waals surface area contributed by atoms with Gasteiger partial charge >= 0.3 is 0 Å². The predicted molar refractivity (Wildman–Crippen MR) is 78.4 cm³/mol. The van der Waals surface area contributed by atoms with Crippen LogP contribution in [0.4, 0.5) is 0 Å². The van der Waals surface area contributed by atoms with E-state index in [1.807, 2.05) is 12.1 Å². The maximum atomic E-state index is 6.01. The van der Waals surface area contributed by atoms with Crippen LogP contribution in [-0.2, 0) is 6.54 Å². The largest absolute Gasteiger partial charge is 0.299 e. The van der Waals surface area contributed by atoms with E-state index in [9.17, 15) is 0 Å². The lowest BCUT2D eigenvalue weighted by molar-refractivity contribution is 0.161. The first-order valence-corrected chi connectivity index (χ1v) is 7.76. The van der Waals surface area contributed by atoms with Crippen molar-refractivity contribution < 1.29 is 0 Å². The van der Waals surface area contributed by atoms with Gasteiger partial charge < -0.3 is 0 Å². The molecule has 0 aliphatic carbocycles. The molecule has 1 aromatic rings. The van der Waals surface area contributed by atoms with Gasteiger partial charge in [-0.1, -0.05) is 18.0 Å². The van der Waals surface area contributed by atoms with E-state index < -0.39 is 0 Å². The van der Waals surface area contributed by atoms with Gasteiger partial charge in [0, 0.05) is 36.9 Å². The molecule has 2 saturated heterocycles. The first-order valence-electron chi connectivity index (χ1n) is 7.38. The quantitative estimate of drug-likeness (QED) is 0.848. The minimum absolute atomic E-state index is 0.763. The summed E-state index contributed by atoms with van der Waals surface area (Å²) in [4.78, 5) is 9.60. The van der Waals surface area contributed by atoms with Crippen molar-refractivity contribution >= 4 is 11.6 Å². The summed E-state index contributed by atoms with van der Waals surface area (Å²) in [6, 6.07) is 4.58. The molecular weight excluding hydrogens is 258 g/mol. The molecule has 1 unspecified atom stereocenters. The Morgan fingerprint density at radius 3 is 2.84 bits per heavy atom. The topological polar surface area (TPSA) is 19.4 Å². The van der Waals surface area contributed by atoms with Gasteiger partial charge in [0.15, 0.2) is 0 Å². The summed E-state index contributed by atoms with van der Waals surface area (Å²) < 4.78 is 0. The zero-order valence-corrected chi connectivity index (χ0v) is 12.1. The van der Waals surface area contributed by atoms with Gasteiger partial charge in [-0.05, 0) is 44.5 Å². The van der Waals surface area contributed by atoms with Gasteiger partial charge in [-0.25, -0.2) is 0 Å². The van der Waals surface area contributed by atoms with Crippen molar-refractivity contribution in [2.24, 2.45) is 0 Å². The summed E-state index contributed by atoms with van der Waals surface area (Å²) in [5, 5.41) is 0.789. The van der Waals surface area contributed by atoms with Crippen molar-refractivity contribution in [2.75, 3.05) is 26.2 Å². The van der Waals surface area contributed by atoms with Crippen LogP contribution in [0.5, 0.6) is 0 Å². The molecule has 1 atom stereocenters. The summed E-state index contributed by atoms with van der Waals surface area (Å²) in [6.07, 6.45) is 7.29. The monoisotopic (exact) mass is 279 g/mol. The van der Waals surface area contributed by atoms with Crippen molar-refractivity contribution in [3.63, 3.8) is 0 Å². The molecule has 0 radical (unpaired) electrons. The van der Waals surface area contributed by atoms with Crippen molar-refractivity contribution in [3.05, 3.63) is 29.0 Å². The molecule has 2 aliphatic heterocycles. The molecule has 0 spiro atoms. The second-order valence-electron chi connectivity index (χ2n) is 5.74. The van der Waals surface area contributed by atoms with Gasteiger partial charge in [-0.2, -0.15) is 0 Å². The van der Waals surface area contributed by atoms with E-state index in [0.717, 1.165) is 23.3 Å². The molecule has 4 heteroatoms. The first kappa shape index (κ1) is 13.3. The van der Waals surface area contributed by atoms with Crippen molar-refractivity contribution in [1.82, 2.24) is 14.8 Å². The van der Waals surface area contributed by atoms with Gasteiger partial charge in [-0.3, -0.25) is 14.8 Å². The number of hydrogen-bond acceptors (Lipinski definition) is 3. The number of pyridine rings is 1. The number of likely N-dealkylation sites (tertiary alicyclic amines) is 2. The number of rotatable bonds is 3. The second kappa shape index (κ2) is 6.21. The van der Waals surface area contributed by atoms with Gasteiger partial charge in [0.1, 0.15) is 0 Å². The molecule has 104 valence electrons. The average Bonchev–Trinajstić information content (AvgIpc) is 2.88. The van der Waals surface area contributed by atoms with Gasteiger partial charge in [0.05, 0.1) is 5.69 Å². The molecule has 0 amide bonds. The Kier molecular flexibility index (Phi) is 4.36. The van der Waals surface area contributed by atoms with Crippen molar-refractivity contribution in [2.45, 2.75) is 38.3 Å². The van der Waals surface area contributed by atoms with E-state index in [1.165, 1.54) is 51.9 Å². The molecule has 0 saturated carbocycles. The fraction of sp³-hybridized carbons (Fsp3) is 0.667. The number of aromatic nitrogens is 1. The van der Waals surface area contributed by atoms with E-state index in [2.05, 4.69) is 14.8 Å². The molecule has 1 aromatic heterocycles. The highest BCUT2D eigenvalue weighted by atomic mass is 35.5. The Balaban J connectivity index is 1.54. The molecule has 2 fully saturated rings. The normalized spacial score (nSPS) is 25.8. The van der Waals surface area contributed by atoms with E-state index >= 15 is 0 Å². The van der Waals surface area contributed by atoms with E-state index in [-0.39, 0.29) is 0 Å². The van der Waals surface area contributed by atoms with Crippen molar-refractivity contribution in [3.8, 4) is 0 Å². The van der Waals surface area contributed by atoms with Gasteiger partial charge in [0.25, 0.3) is 0 Å². The molecule has 0 N–H and O–H groups in total. The lowest BCUT2D eigenvalue weighted by Gasteiger charge is -2.32. The van der Waals surface area contributed by atoms with Crippen LogP contribution in [0.25, 0.3) is 0 Å². The van der Waals surface area contributed by atoms with Crippen LogP contribution in [0.3, 0.4) is 0 Å². The number of piperidine rings is 1. The Hall–Kier alpha value is -0.640. The lowest BCUT2D eigenvalue weighted by atomic mass is 10.1. The third-order valence-electron chi connectivity index (χ3n) is 4.32. The number of hydrogen-bond donors (Lipinski definition) is 0. The smallest absolute Gasteiger partial charge is 0.0558 e. The van der Waals surface area contributed by atoms with Gasteiger partial charge in [0.2, 0.25) is 0 Å². The van der Waals surface area contributed by atoms with E-state index in [1.54, 1.807) is 6.20 Å². The maximum absolute atomic E-state index is 6.01. The highest BCUT2D eigenvalue weighted by molar-refractivity contribution is 6.30. The second-order valence-corrected chi connectivity index (χ2v) is 6.18. The molecule has 3 heterocycles. The molecular formula is C15H22ClN3. The molecule has 2 aliphatic rings. The molecule has 0 aromatic carbocycles. The minimum atomic E-state index is 0.763. The SMILES string of the molecule is Clc1ccnc(CN2CCC(N3CCCCC3)C2)c1. The van der Waals surface area contributed by atoms with Crippen LogP contribution >= 0.6 is 11.6 Å². The molecule has 3 nitrogen and oxygen atoms in total. The van der Waals surface area contributed by atoms with Crippen LogP contribution < -0.4 is 0 Å². The Morgan fingerprint density at radius 2 is 2.05 bits per heavy atom. The van der Waals surface area contributed by atoms with Crippen LogP contribution in [0.1, 0.15) is 31.4 Å². The number of halogens is 1. The summed E-state index contributed by atoms with van der Waals surface area (Å²) in [7, 11) is 0. The summed E-state index contributed by atoms with van der Waals surface area (Å²) in [5.74, 6) is 0. The molecule has 0 bridgehead atoms. The summed E-state index contributed by atoms with van der Waals surface area (Å²) in [6.45, 7) is 5.91. The summed E-state index contributed by atoms with van der Waals surface area (Å²) >= 11 is 6.01. The fourth-order valence-electron chi connectivity index (χ4n) is 3.30. The maximum Gasteiger partial charge on any atom is 0.0558 e. The third kappa shape index (κ3) is 3.47. The van der Waals surface area contributed by atoms with Crippen LogP contribution in [-0.4, -0.2) is 47.0 Å². The van der Waals surface area contributed by atoms with Crippen LogP contribution in [0.15, 0.2) is 18.3 Å². The van der Waals surface area contributed by atoms with Crippen molar-refractivity contribution in [1.29, 1.82) is 0 Å². The highest BCUT2D eigenvalue weighted by Gasteiger charge is 2.28. The summed E-state index contributed by atoms with van der Waals surface area (Å²) in [5.41, 5.74) is 1.09. The van der Waals surface area contributed by atoms with Gasteiger partial charge in [-0.15, -0.1) is 0 Å². The first-order chi connectivity index (χ1) is 9.31. The zero-order valence-electron chi connectivity index (χ0n) is 11.4. The highest BCUT2D eigenvalue weighted by Crippen LogP contribution is 2.21. The average molecular weight is 280 g/mol. The fourth-order valence-corrected chi connectivity index (χ4v) is 3.48. The lowest BCUT2D eigenvalue weighted by Crippen LogP contribution is -2.40. The Labute approximate surface area is 120 Å².